The second kappa shape index (κ2) is 8.24. The molecule has 0 aliphatic carbocycles. The largest absolute Gasteiger partial charge is 0.423 e. The van der Waals surface area contributed by atoms with Gasteiger partial charge < -0.3 is 14.6 Å². The predicted molar refractivity (Wildman–Crippen MR) is 109 cm³/mol. The van der Waals surface area contributed by atoms with Gasteiger partial charge in [0, 0.05) is 11.1 Å². The van der Waals surface area contributed by atoms with Crippen LogP contribution >= 0.6 is 0 Å². The van der Waals surface area contributed by atoms with Crippen LogP contribution in [-0.4, -0.2) is 23.3 Å². The van der Waals surface area contributed by atoms with Gasteiger partial charge >= 0.3 is 5.97 Å². The minimum absolute atomic E-state index is 0.172. The third-order valence-electron chi connectivity index (χ3n) is 4.74. The average Bonchev–Trinajstić information content (AvgIpc) is 2.62. The molecule has 2 aromatic rings. The number of fused-ring (bicyclic) bond motifs is 1. The molecule has 1 N–H and O–H groups in total. The Morgan fingerprint density at radius 3 is 2.30 bits per heavy atom. The van der Waals surface area contributed by atoms with Crippen LogP contribution in [0.3, 0.4) is 0 Å². The molecule has 4 heteroatoms. The third kappa shape index (κ3) is 4.76. The number of carbonyl (C=O) groups excluding carboxylic acids is 1. The fraction of sp³-hybridized carbons (Fsp3) is 0.435. The van der Waals surface area contributed by atoms with Gasteiger partial charge in [-0.05, 0) is 50.5 Å². The molecule has 0 amide bonds. The smallest absolute Gasteiger partial charge is 0.338 e. The minimum atomic E-state index is -0.964. The molecule has 2 aromatic carbocycles. The van der Waals surface area contributed by atoms with Crippen LogP contribution in [0.15, 0.2) is 48.6 Å². The van der Waals surface area contributed by atoms with Crippen LogP contribution in [-0.2, 0) is 15.1 Å². The number of aliphatic hydroxyl groups is 1. The number of rotatable bonds is 8. The van der Waals surface area contributed by atoms with Gasteiger partial charge in [-0.2, -0.15) is 0 Å². The highest BCUT2D eigenvalue weighted by molar-refractivity contribution is 5.92. The summed E-state index contributed by atoms with van der Waals surface area (Å²) < 4.78 is 12.0. The minimum Gasteiger partial charge on any atom is -0.423 e. The summed E-state index contributed by atoms with van der Waals surface area (Å²) in [6.07, 6.45) is 1.34. The molecule has 0 aliphatic heterocycles. The van der Waals surface area contributed by atoms with E-state index in [-0.39, 0.29) is 6.61 Å². The van der Waals surface area contributed by atoms with E-state index in [1.54, 1.807) is 20.8 Å². The first kappa shape index (κ1) is 21.1. The molecule has 0 aromatic heterocycles. The molecule has 0 saturated heterocycles. The number of hydrogen-bond donors (Lipinski definition) is 1. The van der Waals surface area contributed by atoms with Gasteiger partial charge in [0.1, 0.15) is 5.75 Å². The van der Waals surface area contributed by atoms with Gasteiger partial charge in [-0.3, -0.25) is 0 Å². The van der Waals surface area contributed by atoms with Gasteiger partial charge in [-0.25, -0.2) is 4.79 Å². The summed E-state index contributed by atoms with van der Waals surface area (Å²) in [7, 11) is 0. The van der Waals surface area contributed by atoms with Crippen LogP contribution in [0.1, 0.15) is 53.0 Å². The Morgan fingerprint density at radius 2 is 1.74 bits per heavy atom. The third-order valence-corrected chi connectivity index (χ3v) is 4.74. The van der Waals surface area contributed by atoms with E-state index in [1.807, 2.05) is 50.2 Å². The quantitative estimate of drug-likeness (QED) is 0.398. The van der Waals surface area contributed by atoms with E-state index in [0.29, 0.717) is 24.2 Å². The molecule has 0 bridgehead atoms. The van der Waals surface area contributed by atoms with Crippen molar-refractivity contribution in [2.24, 2.45) is 0 Å². The Bertz CT molecular complexity index is 826. The van der Waals surface area contributed by atoms with Crippen LogP contribution in [0.5, 0.6) is 5.75 Å². The van der Waals surface area contributed by atoms with Gasteiger partial charge in [0.15, 0.2) is 0 Å². The number of ether oxygens (including phenoxy) is 2. The van der Waals surface area contributed by atoms with Crippen LogP contribution < -0.4 is 4.74 Å². The fourth-order valence-electron chi connectivity index (χ4n) is 3.19. The fourth-order valence-corrected chi connectivity index (χ4v) is 3.19. The maximum absolute atomic E-state index is 12.2. The van der Waals surface area contributed by atoms with Crippen molar-refractivity contribution in [2.75, 3.05) is 6.61 Å². The molecule has 146 valence electrons. The van der Waals surface area contributed by atoms with E-state index in [1.165, 1.54) is 0 Å². The number of esters is 1. The summed E-state index contributed by atoms with van der Waals surface area (Å²) in [6.45, 7) is 13.0. The van der Waals surface area contributed by atoms with Crippen molar-refractivity contribution in [3.8, 4) is 5.75 Å². The first-order chi connectivity index (χ1) is 12.6. The molecule has 0 spiro atoms. The van der Waals surface area contributed by atoms with Crippen molar-refractivity contribution in [1.29, 1.82) is 0 Å². The molecule has 4 nitrogen and oxygen atoms in total. The van der Waals surface area contributed by atoms with Crippen molar-refractivity contribution < 1.29 is 19.4 Å². The summed E-state index contributed by atoms with van der Waals surface area (Å²) in [5, 5.41) is 12.2. The number of benzene rings is 2. The lowest BCUT2D eigenvalue weighted by Gasteiger charge is -2.36. The van der Waals surface area contributed by atoms with Crippen molar-refractivity contribution in [3.05, 3.63) is 54.1 Å². The molecule has 2 rings (SSSR count). The standard InChI is InChI=1S/C23H30O4/c1-7-23(8-2,26-15-22(5,6)25)20-18-12-10-9-11-17(18)13-14-19(20)27-21(24)16(3)4/h9-14,25H,3,7-8,15H2,1-2,4-6H3. The van der Waals surface area contributed by atoms with E-state index < -0.39 is 17.2 Å². The van der Waals surface area contributed by atoms with E-state index in [4.69, 9.17) is 9.47 Å². The van der Waals surface area contributed by atoms with Gasteiger partial charge in [0.2, 0.25) is 0 Å². The number of carbonyl (C=O) groups is 1. The van der Waals surface area contributed by atoms with Gasteiger partial charge in [0.05, 0.1) is 17.8 Å². The average molecular weight is 370 g/mol. The highest BCUT2D eigenvalue weighted by atomic mass is 16.5. The Morgan fingerprint density at radius 1 is 1.11 bits per heavy atom. The molecule has 0 unspecified atom stereocenters. The van der Waals surface area contributed by atoms with Crippen molar-refractivity contribution in [2.45, 2.75) is 58.7 Å². The van der Waals surface area contributed by atoms with Crippen LogP contribution in [0.2, 0.25) is 0 Å². The molecule has 0 atom stereocenters. The predicted octanol–water partition coefficient (Wildman–Crippen LogP) is 5.12. The SMILES string of the molecule is C=C(C)C(=O)Oc1ccc2ccccc2c1C(CC)(CC)OCC(C)(C)O. The lowest BCUT2D eigenvalue weighted by molar-refractivity contribution is -0.131. The molecule has 0 saturated carbocycles. The Labute approximate surface area is 161 Å². The zero-order valence-electron chi connectivity index (χ0n) is 17.0. The van der Waals surface area contributed by atoms with E-state index >= 15 is 0 Å². The van der Waals surface area contributed by atoms with Crippen molar-refractivity contribution in [1.82, 2.24) is 0 Å². The van der Waals surface area contributed by atoms with Gasteiger partial charge in [0.25, 0.3) is 0 Å². The van der Waals surface area contributed by atoms with Crippen molar-refractivity contribution >= 4 is 16.7 Å². The molecular formula is C23H30O4. The van der Waals surface area contributed by atoms with E-state index in [0.717, 1.165) is 16.3 Å². The van der Waals surface area contributed by atoms with Crippen molar-refractivity contribution in [3.63, 3.8) is 0 Å². The maximum Gasteiger partial charge on any atom is 0.338 e. The Hall–Kier alpha value is -2.17. The van der Waals surface area contributed by atoms with Crippen LogP contribution in [0.4, 0.5) is 0 Å². The highest BCUT2D eigenvalue weighted by Crippen LogP contribution is 2.43. The number of hydrogen-bond acceptors (Lipinski definition) is 4. The summed E-state index contributed by atoms with van der Waals surface area (Å²) in [6, 6.07) is 11.7. The van der Waals surface area contributed by atoms with E-state index in [9.17, 15) is 9.90 Å². The van der Waals surface area contributed by atoms with Crippen LogP contribution in [0, 0.1) is 0 Å². The second-order valence-electron chi connectivity index (χ2n) is 7.63. The second-order valence-corrected chi connectivity index (χ2v) is 7.63. The maximum atomic E-state index is 12.2. The molecular weight excluding hydrogens is 340 g/mol. The molecule has 0 fully saturated rings. The molecule has 0 aliphatic rings. The summed E-state index contributed by atoms with van der Waals surface area (Å²) in [5.41, 5.74) is -0.477. The van der Waals surface area contributed by atoms with Gasteiger partial charge in [-0.15, -0.1) is 0 Å². The molecule has 0 heterocycles. The Balaban J connectivity index is 2.69. The van der Waals surface area contributed by atoms with Crippen LogP contribution in [0.25, 0.3) is 10.8 Å². The lowest BCUT2D eigenvalue weighted by Crippen LogP contribution is -2.36. The van der Waals surface area contributed by atoms with Gasteiger partial charge in [-0.1, -0.05) is 50.8 Å². The lowest BCUT2D eigenvalue weighted by atomic mass is 9.84. The van der Waals surface area contributed by atoms with E-state index in [2.05, 4.69) is 6.58 Å². The molecule has 27 heavy (non-hydrogen) atoms. The first-order valence-electron chi connectivity index (χ1n) is 9.40. The topological polar surface area (TPSA) is 55.8 Å². The first-order valence-corrected chi connectivity index (χ1v) is 9.40. The summed E-state index contributed by atoms with van der Waals surface area (Å²) in [5.74, 6) is 0.0104. The molecule has 0 radical (unpaired) electrons. The Kier molecular flexibility index (Phi) is 6.45. The summed E-state index contributed by atoms with van der Waals surface area (Å²) >= 11 is 0. The normalized spacial score (nSPS) is 12.2. The summed E-state index contributed by atoms with van der Waals surface area (Å²) in [4.78, 5) is 12.2. The zero-order chi connectivity index (χ0) is 20.2. The highest BCUT2D eigenvalue weighted by Gasteiger charge is 2.36. The zero-order valence-corrected chi connectivity index (χ0v) is 17.0. The monoisotopic (exact) mass is 370 g/mol.